The second kappa shape index (κ2) is 6.20. The Balaban J connectivity index is 2.96. The number of carbonyl (C=O) groups is 2. The lowest BCUT2D eigenvalue weighted by Gasteiger charge is -2.14. The van der Waals surface area contributed by atoms with E-state index in [2.05, 4.69) is 10.1 Å². The number of carbonyl (C=O) groups excluding carboxylic acids is 2. The third-order valence-corrected chi connectivity index (χ3v) is 2.46. The molecule has 4 nitrogen and oxygen atoms in total. The Labute approximate surface area is 103 Å². The van der Waals surface area contributed by atoms with Crippen molar-refractivity contribution in [3.8, 4) is 0 Å². The zero-order chi connectivity index (χ0) is 13.7. The van der Waals surface area contributed by atoms with Crippen LogP contribution in [0, 0.1) is 11.6 Å². The highest BCUT2D eigenvalue weighted by Gasteiger charge is 2.24. The summed E-state index contributed by atoms with van der Waals surface area (Å²) in [5.41, 5.74) is -0.391. The van der Waals surface area contributed by atoms with Gasteiger partial charge in [0.15, 0.2) is 5.78 Å². The average molecular weight is 257 g/mol. The highest BCUT2D eigenvalue weighted by molar-refractivity contribution is 6.02. The van der Waals surface area contributed by atoms with Crippen molar-refractivity contribution >= 4 is 11.8 Å². The predicted octanol–water partition coefficient (Wildman–Crippen LogP) is 1.30. The van der Waals surface area contributed by atoms with Crippen molar-refractivity contribution < 1.29 is 23.1 Å². The second-order valence-electron chi connectivity index (χ2n) is 3.61. The Bertz CT molecular complexity index is 463. The smallest absolute Gasteiger partial charge is 0.307 e. The molecule has 1 rings (SSSR count). The maximum atomic E-state index is 13.4. The Morgan fingerprint density at radius 2 is 2.06 bits per heavy atom. The van der Waals surface area contributed by atoms with Gasteiger partial charge in [0, 0.05) is 0 Å². The van der Waals surface area contributed by atoms with Crippen molar-refractivity contribution in [1.82, 2.24) is 5.32 Å². The lowest BCUT2D eigenvalue weighted by atomic mass is 10.0. The fourth-order valence-electron chi connectivity index (χ4n) is 1.45. The summed E-state index contributed by atoms with van der Waals surface area (Å²) in [6, 6.07) is 1.64. The minimum absolute atomic E-state index is 0.248. The van der Waals surface area contributed by atoms with Gasteiger partial charge in [-0.05, 0) is 25.2 Å². The summed E-state index contributed by atoms with van der Waals surface area (Å²) >= 11 is 0. The molecule has 1 aromatic carbocycles. The lowest BCUT2D eigenvalue weighted by Crippen LogP contribution is -2.37. The van der Waals surface area contributed by atoms with E-state index < -0.39 is 35.0 Å². The van der Waals surface area contributed by atoms with Gasteiger partial charge in [-0.1, -0.05) is 0 Å². The third-order valence-electron chi connectivity index (χ3n) is 2.46. The number of Topliss-reactive ketones (excluding diaryl/α,β-unsaturated/α-hetero) is 1. The molecular weight excluding hydrogens is 244 g/mol. The SMILES string of the molecule is CNC(CC(=O)OC)C(=O)c1cc(F)ccc1F. The fourth-order valence-corrected chi connectivity index (χ4v) is 1.45. The second-order valence-corrected chi connectivity index (χ2v) is 3.61. The van der Waals surface area contributed by atoms with Crippen molar-refractivity contribution in [3.05, 3.63) is 35.4 Å². The molecule has 1 unspecified atom stereocenters. The molecule has 0 heterocycles. The molecule has 1 atom stereocenters. The Morgan fingerprint density at radius 3 is 2.61 bits per heavy atom. The van der Waals surface area contributed by atoms with Gasteiger partial charge in [0.2, 0.25) is 0 Å². The topological polar surface area (TPSA) is 55.4 Å². The Kier molecular flexibility index (Phi) is 4.91. The van der Waals surface area contributed by atoms with E-state index in [0.29, 0.717) is 0 Å². The molecule has 0 amide bonds. The van der Waals surface area contributed by atoms with Crippen LogP contribution in [-0.4, -0.2) is 32.0 Å². The molecule has 0 aromatic heterocycles. The number of benzene rings is 1. The zero-order valence-corrected chi connectivity index (χ0v) is 10.00. The standard InChI is InChI=1S/C12H13F2NO3/c1-15-10(6-11(16)18-2)12(17)8-5-7(13)3-4-9(8)14/h3-5,10,15H,6H2,1-2H3. The third kappa shape index (κ3) is 3.33. The number of rotatable bonds is 5. The first-order valence-electron chi connectivity index (χ1n) is 5.23. The van der Waals surface area contributed by atoms with E-state index in [9.17, 15) is 18.4 Å². The molecule has 1 aromatic rings. The minimum Gasteiger partial charge on any atom is -0.469 e. The number of hydrogen-bond donors (Lipinski definition) is 1. The number of likely N-dealkylation sites (N-methyl/N-ethyl adjacent to an activating group) is 1. The normalized spacial score (nSPS) is 12.0. The molecule has 0 aliphatic rings. The number of halogens is 2. The maximum absolute atomic E-state index is 13.4. The number of nitrogens with one attached hydrogen (secondary N) is 1. The summed E-state index contributed by atoms with van der Waals surface area (Å²) in [4.78, 5) is 23.0. The first kappa shape index (κ1) is 14.2. The van der Waals surface area contributed by atoms with Crippen molar-refractivity contribution in [2.75, 3.05) is 14.2 Å². The first-order chi connectivity index (χ1) is 8.49. The highest BCUT2D eigenvalue weighted by Crippen LogP contribution is 2.13. The van der Waals surface area contributed by atoms with Gasteiger partial charge in [0.25, 0.3) is 0 Å². The van der Waals surface area contributed by atoms with Crippen LogP contribution in [0.5, 0.6) is 0 Å². The largest absolute Gasteiger partial charge is 0.469 e. The van der Waals surface area contributed by atoms with E-state index in [4.69, 9.17) is 0 Å². The highest BCUT2D eigenvalue weighted by atomic mass is 19.1. The molecule has 0 aliphatic carbocycles. The van der Waals surface area contributed by atoms with Crippen LogP contribution in [0.15, 0.2) is 18.2 Å². The monoisotopic (exact) mass is 257 g/mol. The van der Waals surface area contributed by atoms with Crippen LogP contribution in [-0.2, 0) is 9.53 Å². The average Bonchev–Trinajstić information content (AvgIpc) is 2.37. The van der Waals surface area contributed by atoms with Crippen LogP contribution >= 0.6 is 0 Å². The van der Waals surface area contributed by atoms with Gasteiger partial charge in [0.1, 0.15) is 11.6 Å². The minimum atomic E-state index is -0.950. The van der Waals surface area contributed by atoms with Crippen LogP contribution in [0.3, 0.4) is 0 Å². The van der Waals surface area contributed by atoms with Gasteiger partial charge in [-0.25, -0.2) is 8.78 Å². The number of esters is 1. The number of ether oxygens (including phenoxy) is 1. The van der Waals surface area contributed by atoms with Crippen molar-refractivity contribution in [1.29, 1.82) is 0 Å². The van der Waals surface area contributed by atoms with Crippen molar-refractivity contribution in [2.24, 2.45) is 0 Å². The zero-order valence-electron chi connectivity index (χ0n) is 10.00. The van der Waals surface area contributed by atoms with Crippen LogP contribution < -0.4 is 5.32 Å². The fraction of sp³-hybridized carbons (Fsp3) is 0.333. The lowest BCUT2D eigenvalue weighted by molar-refractivity contribution is -0.140. The number of ketones is 1. The molecule has 0 bridgehead atoms. The summed E-state index contributed by atoms with van der Waals surface area (Å²) in [6.45, 7) is 0. The molecule has 0 radical (unpaired) electrons. The van der Waals surface area contributed by atoms with E-state index in [1.807, 2.05) is 0 Å². The summed E-state index contributed by atoms with van der Waals surface area (Å²) in [6.07, 6.45) is -0.248. The van der Waals surface area contributed by atoms with Crippen LogP contribution in [0.4, 0.5) is 8.78 Å². The van der Waals surface area contributed by atoms with Gasteiger partial charge < -0.3 is 10.1 Å². The van der Waals surface area contributed by atoms with E-state index >= 15 is 0 Å². The molecule has 0 fully saturated rings. The summed E-state index contributed by atoms with van der Waals surface area (Å²) in [5, 5.41) is 2.57. The summed E-state index contributed by atoms with van der Waals surface area (Å²) in [5.74, 6) is -2.85. The number of hydrogen-bond acceptors (Lipinski definition) is 4. The quantitative estimate of drug-likeness (QED) is 0.638. The Hall–Kier alpha value is -1.82. The van der Waals surface area contributed by atoms with Gasteiger partial charge in [-0.2, -0.15) is 0 Å². The maximum Gasteiger partial charge on any atom is 0.307 e. The molecular formula is C12H13F2NO3. The summed E-state index contributed by atoms with van der Waals surface area (Å²) < 4.78 is 30.8. The molecule has 0 saturated heterocycles. The van der Waals surface area contributed by atoms with Crippen LogP contribution in [0.1, 0.15) is 16.8 Å². The molecule has 0 spiro atoms. The van der Waals surface area contributed by atoms with E-state index in [1.54, 1.807) is 0 Å². The van der Waals surface area contributed by atoms with Crippen molar-refractivity contribution in [2.45, 2.75) is 12.5 Å². The molecule has 1 N–H and O–H groups in total. The van der Waals surface area contributed by atoms with Gasteiger partial charge >= 0.3 is 5.97 Å². The summed E-state index contributed by atoms with van der Waals surface area (Å²) in [7, 11) is 2.63. The van der Waals surface area contributed by atoms with E-state index in [1.165, 1.54) is 14.2 Å². The molecule has 0 aliphatic heterocycles. The molecule has 98 valence electrons. The van der Waals surface area contributed by atoms with Gasteiger partial charge in [-0.15, -0.1) is 0 Å². The first-order valence-corrected chi connectivity index (χ1v) is 5.23. The predicted molar refractivity (Wildman–Crippen MR) is 60.2 cm³/mol. The molecule has 6 heteroatoms. The van der Waals surface area contributed by atoms with Crippen molar-refractivity contribution in [3.63, 3.8) is 0 Å². The van der Waals surface area contributed by atoms with Gasteiger partial charge in [0.05, 0.1) is 25.1 Å². The van der Waals surface area contributed by atoms with Crippen LogP contribution in [0.25, 0.3) is 0 Å². The van der Waals surface area contributed by atoms with E-state index in [-0.39, 0.29) is 6.42 Å². The van der Waals surface area contributed by atoms with Gasteiger partial charge in [-0.3, -0.25) is 9.59 Å². The molecule has 0 saturated carbocycles. The molecule has 18 heavy (non-hydrogen) atoms. The van der Waals surface area contributed by atoms with Crippen LogP contribution in [0.2, 0.25) is 0 Å². The number of methoxy groups -OCH3 is 1. The van der Waals surface area contributed by atoms with E-state index in [0.717, 1.165) is 18.2 Å². The Morgan fingerprint density at radius 1 is 1.39 bits per heavy atom.